The lowest BCUT2D eigenvalue weighted by atomic mass is 10.1. The highest BCUT2D eigenvalue weighted by Crippen LogP contribution is 2.26. The molecule has 4 nitrogen and oxygen atoms in total. The quantitative estimate of drug-likeness (QED) is 0.860. The maximum atomic E-state index is 12.3. The number of amides is 1. The fourth-order valence-corrected chi connectivity index (χ4v) is 2.51. The molecule has 2 rings (SSSR count). The highest BCUT2D eigenvalue weighted by molar-refractivity contribution is 6.36. The molecule has 0 spiro atoms. The number of nitrogens with zero attached hydrogens (tertiary/aromatic N) is 1. The number of carbonyl (C=O) groups excluding carboxylic acids is 1. The van der Waals surface area contributed by atoms with Crippen molar-refractivity contribution in [2.45, 2.75) is 13.0 Å². The summed E-state index contributed by atoms with van der Waals surface area (Å²) in [7, 11) is 1.72. The number of hydrogen-bond donors (Lipinski definition) is 0. The lowest BCUT2D eigenvalue weighted by Crippen LogP contribution is -2.40. The van der Waals surface area contributed by atoms with Gasteiger partial charge in [0, 0.05) is 29.2 Å². The number of hydrogen-bond acceptors (Lipinski definition) is 3. The van der Waals surface area contributed by atoms with E-state index < -0.39 is 0 Å². The number of ether oxygens (including phenoxy) is 2. The topological polar surface area (TPSA) is 38.8 Å². The van der Waals surface area contributed by atoms with Gasteiger partial charge in [-0.05, 0) is 24.6 Å². The smallest absolute Gasteiger partial charge is 0.253 e. The second-order valence-corrected chi connectivity index (χ2v) is 5.63. The molecule has 6 heteroatoms. The molecule has 0 aliphatic carbocycles. The molecule has 1 fully saturated rings. The van der Waals surface area contributed by atoms with Crippen molar-refractivity contribution < 1.29 is 14.3 Å². The normalized spacial score (nSPS) is 18.9. The van der Waals surface area contributed by atoms with Gasteiger partial charge in [0.1, 0.15) is 0 Å². The lowest BCUT2D eigenvalue weighted by molar-refractivity contribution is -0.0933. The van der Waals surface area contributed by atoms with Crippen LogP contribution in [0.25, 0.3) is 0 Å². The zero-order valence-electron chi connectivity index (χ0n) is 11.5. The predicted octanol–water partition coefficient (Wildman–Crippen LogP) is 2.79. The van der Waals surface area contributed by atoms with E-state index in [0.29, 0.717) is 42.0 Å². The maximum Gasteiger partial charge on any atom is 0.253 e. The van der Waals surface area contributed by atoms with Crippen LogP contribution in [-0.2, 0) is 9.47 Å². The number of likely N-dealkylation sites (N-methyl/N-ethyl adjacent to an activating group) is 1. The number of rotatable bonds is 3. The molecule has 1 aliphatic rings. The average molecular weight is 318 g/mol. The minimum Gasteiger partial charge on any atom is -0.376 e. The molecule has 1 saturated heterocycles. The van der Waals surface area contributed by atoms with E-state index in [4.69, 9.17) is 32.7 Å². The van der Waals surface area contributed by atoms with Gasteiger partial charge in [0.2, 0.25) is 0 Å². The molecule has 0 radical (unpaired) electrons. The van der Waals surface area contributed by atoms with Gasteiger partial charge in [0.15, 0.2) is 0 Å². The van der Waals surface area contributed by atoms with Gasteiger partial charge < -0.3 is 14.4 Å². The van der Waals surface area contributed by atoms with Crippen LogP contribution in [0.4, 0.5) is 0 Å². The van der Waals surface area contributed by atoms with Crippen molar-refractivity contribution in [3.05, 3.63) is 33.3 Å². The molecule has 1 aliphatic heterocycles. The fourth-order valence-electron chi connectivity index (χ4n) is 2.02. The Kier molecular flexibility index (Phi) is 5.27. The molecule has 0 saturated carbocycles. The van der Waals surface area contributed by atoms with Gasteiger partial charge in [-0.2, -0.15) is 0 Å². The summed E-state index contributed by atoms with van der Waals surface area (Å²) in [4.78, 5) is 13.9. The van der Waals surface area contributed by atoms with E-state index in [9.17, 15) is 4.79 Å². The van der Waals surface area contributed by atoms with Gasteiger partial charge in [-0.3, -0.25) is 4.79 Å². The molecule has 1 amide bonds. The van der Waals surface area contributed by atoms with Crippen molar-refractivity contribution in [2.24, 2.45) is 0 Å². The van der Waals surface area contributed by atoms with Crippen LogP contribution in [0.5, 0.6) is 0 Å². The van der Waals surface area contributed by atoms with E-state index in [1.54, 1.807) is 24.1 Å². The van der Waals surface area contributed by atoms with Crippen molar-refractivity contribution in [3.8, 4) is 0 Å². The Hall–Kier alpha value is -0.810. The average Bonchev–Trinajstić information content (AvgIpc) is 2.44. The van der Waals surface area contributed by atoms with Gasteiger partial charge in [0.25, 0.3) is 5.91 Å². The molecule has 1 heterocycles. The van der Waals surface area contributed by atoms with Crippen molar-refractivity contribution in [1.82, 2.24) is 4.90 Å². The Balaban J connectivity index is 2.06. The Morgan fingerprint density at radius 2 is 2.00 bits per heavy atom. The van der Waals surface area contributed by atoms with E-state index in [-0.39, 0.29) is 12.0 Å². The first-order valence-electron chi connectivity index (χ1n) is 6.39. The number of benzene rings is 1. The van der Waals surface area contributed by atoms with Gasteiger partial charge in [-0.25, -0.2) is 0 Å². The van der Waals surface area contributed by atoms with Crippen LogP contribution in [-0.4, -0.2) is 50.3 Å². The minimum atomic E-state index is -0.136. The maximum absolute atomic E-state index is 12.3. The second kappa shape index (κ2) is 6.76. The molecule has 1 aromatic rings. The first kappa shape index (κ1) is 15.6. The highest BCUT2D eigenvalue weighted by Gasteiger charge is 2.21. The summed E-state index contributed by atoms with van der Waals surface area (Å²) in [5.74, 6) is -0.136. The standard InChI is InChI=1S/C14H17Cl2NO3/c1-9-12(15)5-10(6-13(9)16)14(18)17(2)7-11-8-19-3-4-20-11/h5-6,11H,3-4,7-8H2,1-2H3. The van der Waals surface area contributed by atoms with E-state index in [1.807, 2.05) is 6.92 Å². The van der Waals surface area contributed by atoms with Crippen LogP contribution in [0.1, 0.15) is 15.9 Å². The van der Waals surface area contributed by atoms with Crippen molar-refractivity contribution in [3.63, 3.8) is 0 Å². The van der Waals surface area contributed by atoms with Crippen LogP contribution in [0.2, 0.25) is 10.0 Å². The summed E-state index contributed by atoms with van der Waals surface area (Å²) in [6, 6.07) is 3.28. The van der Waals surface area contributed by atoms with Gasteiger partial charge in [0.05, 0.1) is 25.9 Å². The summed E-state index contributed by atoms with van der Waals surface area (Å²) in [6.07, 6.45) is -0.0888. The zero-order chi connectivity index (χ0) is 14.7. The van der Waals surface area contributed by atoms with Crippen LogP contribution in [0, 0.1) is 6.92 Å². The zero-order valence-corrected chi connectivity index (χ0v) is 13.0. The number of halogens is 2. The fraction of sp³-hybridized carbons (Fsp3) is 0.500. The molecule has 0 N–H and O–H groups in total. The third kappa shape index (κ3) is 3.64. The monoisotopic (exact) mass is 317 g/mol. The Bertz CT molecular complexity index is 478. The predicted molar refractivity (Wildman–Crippen MR) is 78.7 cm³/mol. The van der Waals surface area contributed by atoms with Crippen molar-refractivity contribution in [1.29, 1.82) is 0 Å². The van der Waals surface area contributed by atoms with Crippen LogP contribution < -0.4 is 0 Å². The Morgan fingerprint density at radius 1 is 1.35 bits per heavy atom. The molecule has 110 valence electrons. The third-order valence-electron chi connectivity index (χ3n) is 3.24. The first-order valence-corrected chi connectivity index (χ1v) is 7.15. The molecular formula is C14H17Cl2NO3. The van der Waals surface area contributed by atoms with Crippen molar-refractivity contribution in [2.75, 3.05) is 33.4 Å². The van der Waals surface area contributed by atoms with Crippen molar-refractivity contribution >= 4 is 29.1 Å². The minimum absolute atomic E-state index is 0.0888. The van der Waals surface area contributed by atoms with Gasteiger partial charge >= 0.3 is 0 Å². The summed E-state index contributed by atoms with van der Waals surface area (Å²) in [6.45, 7) is 3.97. The lowest BCUT2D eigenvalue weighted by Gasteiger charge is -2.27. The van der Waals surface area contributed by atoms with E-state index in [1.165, 1.54) is 0 Å². The number of carbonyl (C=O) groups is 1. The highest BCUT2D eigenvalue weighted by atomic mass is 35.5. The largest absolute Gasteiger partial charge is 0.376 e. The molecule has 1 unspecified atom stereocenters. The Morgan fingerprint density at radius 3 is 2.55 bits per heavy atom. The summed E-state index contributed by atoms with van der Waals surface area (Å²) >= 11 is 12.1. The van der Waals surface area contributed by atoms with Crippen LogP contribution in [0.3, 0.4) is 0 Å². The van der Waals surface area contributed by atoms with Gasteiger partial charge in [-0.1, -0.05) is 23.2 Å². The summed E-state index contributed by atoms with van der Waals surface area (Å²) < 4.78 is 10.8. The molecule has 20 heavy (non-hydrogen) atoms. The van der Waals surface area contributed by atoms with E-state index >= 15 is 0 Å². The summed E-state index contributed by atoms with van der Waals surface area (Å²) in [5.41, 5.74) is 1.25. The SMILES string of the molecule is Cc1c(Cl)cc(C(=O)N(C)CC2COCCO2)cc1Cl. The molecule has 0 bridgehead atoms. The molecule has 0 aromatic heterocycles. The van der Waals surface area contributed by atoms with Gasteiger partial charge in [-0.15, -0.1) is 0 Å². The third-order valence-corrected chi connectivity index (χ3v) is 4.02. The molecule has 1 atom stereocenters. The van der Waals surface area contributed by atoms with E-state index in [0.717, 1.165) is 5.56 Å². The molecule has 1 aromatic carbocycles. The summed E-state index contributed by atoms with van der Waals surface area (Å²) in [5, 5.41) is 0.984. The van der Waals surface area contributed by atoms with Crippen LogP contribution >= 0.6 is 23.2 Å². The first-order chi connectivity index (χ1) is 9.49. The molecular weight excluding hydrogens is 301 g/mol. The Labute approximate surface area is 128 Å². The second-order valence-electron chi connectivity index (χ2n) is 4.82. The van der Waals surface area contributed by atoms with E-state index in [2.05, 4.69) is 0 Å². The van der Waals surface area contributed by atoms with Crippen LogP contribution in [0.15, 0.2) is 12.1 Å².